The van der Waals surface area contributed by atoms with Crippen molar-refractivity contribution in [2.75, 3.05) is 19.6 Å². The quantitative estimate of drug-likeness (QED) is 0.350. The third-order valence-corrected chi connectivity index (χ3v) is 6.38. The van der Waals surface area contributed by atoms with Crippen LogP contribution in [0.4, 0.5) is 13.2 Å². The second-order valence-corrected chi connectivity index (χ2v) is 9.64. The lowest BCUT2D eigenvalue weighted by molar-refractivity contribution is -0.137. The molecular formula is C22H24F3N5O5S. The fraction of sp³-hybridized carbons (Fsp3) is 0.318. The van der Waals surface area contributed by atoms with E-state index in [1.807, 2.05) is 0 Å². The maximum atomic E-state index is 12.8. The van der Waals surface area contributed by atoms with E-state index in [4.69, 9.17) is 5.14 Å². The summed E-state index contributed by atoms with van der Waals surface area (Å²) in [5.41, 5.74) is -1.03. The van der Waals surface area contributed by atoms with Crippen LogP contribution in [0.3, 0.4) is 0 Å². The second-order valence-electron chi connectivity index (χ2n) is 8.08. The molecule has 3 amide bonds. The molecule has 0 aromatic heterocycles. The lowest BCUT2D eigenvalue weighted by Gasteiger charge is -2.33. The summed E-state index contributed by atoms with van der Waals surface area (Å²) in [6.45, 7) is 0.411. The highest BCUT2D eigenvalue weighted by Crippen LogP contribution is 2.29. The second kappa shape index (κ2) is 11.1. The highest BCUT2D eigenvalue weighted by Gasteiger charge is 2.31. The van der Waals surface area contributed by atoms with Gasteiger partial charge in [-0.05, 0) is 55.4 Å². The first-order valence-electron chi connectivity index (χ1n) is 10.7. The number of halogens is 3. The number of amides is 3. The number of sulfonamides is 1. The minimum Gasteiger partial charge on any atom is -0.350 e. The van der Waals surface area contributed by atoms with Crippen molar-refractivity contribution in [3.8, 4) is 0 Å². The molecule has 6 N–H and O–H groups in total. The van der Waals surface area contributed by atoms with Crippen LogP contribution in [-0.4, -0.2) is 57.9 Å². The summed E-state index contributed by atoms with van der Waals surface area (Å²) in [6.07, 6.45) is -4.14. The van der Waals surface area contributed by atoms with Gasteiger partial charge in [0.1, 0.15) is 0 Å². The number of piperidine rings is 1. The van der Waals surface area contributed by atoms with Gasteiger partial charge in [-0.15, -0.1) is 0 Å². The Bertz CT molecular complexity index is 1240. The van der Waals surface area contributed by atoms with Gasteiger partial charge in [-0.1, -0.05) is 6.07 Å². The van der Waals surface area contributed by atoms with E-state index in [1.54, 1.807) is 0 Å². The first kappa shape index (κ1) is 27.1. The average molecular weight is 528 g/mol. The van der Waals surface area contributed by atoms with Crippen molar-refractivity contribution < 1.29 is 36.0 Å². The zero-order chi connectivity index (χ0) is 26.5. The highest BCUT2D eigenvalue weighted by molar-refractivity contribution is 7.89. The SMILES string of the molecule is NS(=O)(=O)c1ccc(C(=O)N[C@H]2CNCC[C@H]2NC(=O)CNC(=O)c2cccc(C(F)(F)F)c2)cc1. The molecule has 1 saturated heterocycles. The van der Waals surface area contributed by atoms with Crippen molar-refractivity contribution in [3.63, 3.8) is 0 Å². The molecule has 36 heavy (non-hydrogen) atoms. The molecule has 1 fully saturated rings. The van der Waals surface area contributed by atoms with E-state index in [9.17, 15) is 36.0 Å². The topological polar surface area (TPSA) is 159 Å². The van der Waals surface area contributed by atoms with Crippen LogP contribution in [0.1, 0.15) is 32.7 Å². The van der Waals surface area contributed by atoms with Crippen LogP contribution in [0.2, 0.25) is 0 Å². The molecule has 194 valence electrons. The number of nitrogens with one attached hydrogen (secondary N) is 4. The van der Waals surface area contributed by atoms with Gasteiger partial charge in [-0.3, -0.25) is 14.4 Å². The van der Waals surface area contributed by atoms with Crippen LogP contribution in [0, 0.1) is 0 Å². The molecular weight excluding hydrogens is 503 g/mol. The van der Waals surface area contributed by atoms with E-state index in [-0.39, 0.29) is 16.0 Å². The van der Waals surface area contributed by atoms with E-state index in [0.29, 0.717) is 25.6 Å². The standard InChI is InChI=1S/C22H24F3N5O5S/c23-22(24,25)15-3-1-2-14(10-15)20(32)28-12-19(31)29-17-8-9-27-11-18(17)30-21(33)13-4-6-16(7-5-13)36(26,34)35/h1-7,10,17-18,27H,8-9,11-12H2,(H,28,32)(H,29,31)(H,30,33)(H2,26,34,35)/t17-,18+/m1/s1. The predicted molar refractivity (Wildman–Crippen MR) is 122 cm³/mol. The number of carbonyl (C=O) groups excluding carboxylic acids is 3. The van der Waals surface area contributed by atoms with Gasteiger partial charge in [-0.25, -0.2) is 13.6 Å². The maximum absolute atomic E-state index is 12.8. The number of alkyl halides is 3. The minimum absolute atomic E-state index is 0.143. The van der Waals surface area contributed by atoms with Gasteiger partial charge in [0.05, 0.1) is 29.1 Å². The summed E-state index contributed by atoms with van der Waals surface area (Å²) in [5, 5.41) is 15.9. The summed E-state index contributed by atoms with van der Waals surface area (Å²) in [4.78, 5) is 37.1. The van der Waals surface area contributed by atoms with Crippen LogP contribution >= 0.6 is 0 Å². The van der Waals surface area contributed by atoms with E-state index in [1.165, 1.54) is 30.3 Å². The van der Waals surface area contributed by atoms with Gasteiger partial charge < -0.3 is 21.3 Å². The van der Waals surface area contributed by atoms with Crippen LogP contribution in [0.25, 0.3) is 0 Å². The third-order valence-electron chi connectivity index (χ3n) is 5.45. The fourth-order valence-corrected chi connectivity index (χ4v) is 4.10. The van der Waals surface area contributed by atoms with Crippen molar-refractivity contribution in [2.24, 2.45) is 5.14 Å². The Morgan fingerprint density at radius 1 is 0.972 bits per heavy atom. The first-order valence-corrected chi connectivity index (χ1v) is 12.3. The molecule has 10 nitrogen and oxygen atoms in total. The molecule has 14 heteroatoms. The normalized spacial score (nSPS) is 18.2. The van der Waals surface area contributed by atoms with Crippen molar-refractivity contribution >= 4 is 27.7 Å². The molecule has 0 saturated carbocycles. The van der Waals surface area contributed by atoms with Crippen LogP contribution < -0.4 is 26.4 Å². The Kier molecular flexibility index (Phi) is 8.32. The average Bonchev–Trinajstić information content (AvgIpc) is 2.83. The number of hydrogen-bond donors (Lipinski definition) is 5. The largest absolute Gasteiger partial charge is 0.416 e. The summed E-state index contributed by atoms with van der Waals surface area (Å²) in [7, 11) is -3.90. The molecule has 0 unspecified atom stereocenters. The van der Waals surface area contributed by atoms with Crippen LogP contribution in [0.15, 0.2) is 53.4 Å². The summed E-state index contributed by atoms with van der Waals surface area (Å²) < 4.78 is 61.3. The van der Waals surface area contributed by atoms with Crippen molar-refractivity contribution in [3.05, 3.63) is 65.2 Å². The molecule has 0 bridgehead atoms. The number of hydrogen-bond acceptors (Lipinski definition) is 6. The fourth-order valence-electron chi connectivity index (χ4n) is 3.59. The smallest absolute Gasteiger partial charge is 0.350 e. The van der Waals surface area contributed by atoms with Gasteiger partial charge in [0.25, 0.3) is 11.8 Å². The number of benzene rings is 2. The third kappa shape index (κ3) is 7.26. The van der Waals surface area contributed by atoms with Gasteiger partial charge in [0.2, 0.25) is 15.9 Å². The Hall–Kier alpha value is -3.49. The maximum Gasteiger partial charge on any atom is 0.416 e. The van der Waals surface area contributed by atoms with E-state index < -0.39 is 58.1 Å². The van der Waals surface area contributed by atoms with Gasteiger partial charge in [-0.2, -0.15) is 13.2 Å². The Balaban J connectivity index is 1.56. The molecule has 1 heterocycles. The molecule has 1 aliphatic heterocycles. The zero-order valence-electron chi connectivity index (χ0n) is 18.8. The molecule has 1 aliphatic rings. The highest BCUT2D eigenvalue weighted by atomic mass is 32.2. The lowest BCUT2D eigenvalue weighted by atomic mass is 10.00. The molecule has 0 radical (unpaired) electrons. The lowest BCUT2D eigenvalue weighted by Crippen LogP contribution is -2.60. The number of carbonyl (C=O) groups is 3. The predicted octanol–water partition coefficient (Wildman–Crippen LogP) is 0.359. The van der Waals surface area contributed by atoms with E-state index >= 15 is 0 Å². The monoisotopic (exact) mass is 527 g/mol. The molecule has 2 aromatic rings. The summed E-state index contributed by atoms with van der Waals surface area (Å²) in [6, 6.07) is 7.85. The van der Waals surface area contributed by atoms with Crippen molar-refractivity contribution in [1.82, 2.24) is 21.3 Å². The minimum atomic E-state index is -4.60. The number of primary sulfonamides is 1. The van der Waals surface area contributed by atoms with Gasteiger partial charge >= 0.3 is 6.18 Å². The van der Waals surface area contributed by atoms with Crippen LogP contribution in [-0.2, 0) is 21.0 Å². The number of nitrogens with two attached hydrogens (primary N) is 1. The Morgan fingerprint density at radius 3 is 2.31 bits per heavy atom. The zero-order valence-corrected chi connectivity index (χ0v) is 19.6. The van der Waals surface area contributed by atoms with Gasteiger partial charge in [0.15, 0.2) is 0 Å². The molecule has 0 aliphatic carbocycles. The Labute approximate surface area is 204 Å². The van der Waals surface area contributed by atoms with Crippen molar-refractivity contribution in [2.45, 2.75) is 29.6 Å². The molecule has 2 aromatic carbocycles. The summed E-state index contributed by atoms with van der Waals surface area (Å²) >= 11 is 0. The van der Waals surface area contributed by atoms with Gasteiger partial charge in [0, 0.05) is 17.7 Å². The molecule has 2 atom stereocenters. The van der Waals surface area contributed by atoms with Crippen LogP contribution in [0.5, 0.6) is 0 Å². The van der Waals surface area contributed by atoms with E-state index in [0.717, 1.165) is 12.1 Å². The van der Waals surface area contributed by atoms with E-state index in [2.05, 4.69) is 21.3 Å². The first-order chi connectivity index (χ1) is 16.8. The number of rotatable bonds is 7. The summed E-state index contributed by atoms with van der Waals surface area (Å²) in [5.74, 6) is -1.92. The van der Waals surface area contributed by atoms with Crippen molar-refractivity contribution in [1.29, 1.82) is 0 Å². The molecule has 0 spiro atoms. The molecule has 3 rings (SSSR count). The Morgan fingerprint density at radius 2 is 1.67 bits per heavy atom.